The molecule has 2 nitrogen and oxygen atoms in total. The number of benzene rings is 1. The van der Waals surface area contributed by atoms with E-state index in [1.165, 1.54) is 12.1 Å². The fourth-order valence-corrected chi connectivity index (χ4v) is 1.59. The lowest BCUT2D eigenvalue weighted by Gasteiger charge is -2.05. The first-order valence-corrected chi connectivity index (χ1v) is 5.87. The predicted octanol–water partition coefficient (Wildman–Crippen LogP) is 2.90. The summed E-state index contributed by atoms with van der Waals surface area (Å²) in [4.78, 5) is 11.3. The SMILES string of the molecule is CSNC(=O)c1cc(C)c(Br)cc1F. The Hall–Kier alpha value is -0.550. The van der Waals surface area contributed by atoms with E-state index in [4.69, 9.17) is 0 Å². The predicted molar refractivity (Wildman–Crippen MR) is 59.8 cm³/mol. The number of halogens is 2. The van der Waals surface area contributed by atoms with Gasteiger partial charge in [0, 0.05) is 10.7 Å². The van der Waals surface area contributed by atoms with E-state index in [-0.39, 0.29) is 5.56 Å². The molecule has 0 saturated carbocycles. The van der Waals surface area contributed by atoms with Gasteiger partial charge in [-0.15, -0.1) is 0 Å². The van der Waals surface area contributed by atoms with Gasteiger partial charge in [0.2, 0.25) is 0 Å². The minimum atomic E-state index is -0.519. The molecule has 0 heterocycles. The smallest absolute Gasteiger partial charge is 0.264 e. The Kier molecular flexibility index (Phi) is 3.95. The second kappa shape index (κ2) is 4.79. The van der Waals surface area contributed by atoms with Crippen molar-refractivity contribution < 1.29 is 9.18 Å². The second-order valence-electron chi connectivity index (χ2n) is 2.72. The van der Waals surface area contributed by atoms with Gasteiger partial charge in [-0.3, -0.25) is 9.52 Å². The summed E-state index contributed by atoms with van der Waals surface area (Å²) in [5.74, 6) is -0.931. The molecule has 1 N–H and O–H groups in total. The summed E-state index contributed by atoms with van der Waals surface area (Å²) in [5.41, 5.74) is 0.901. The summed E-state index contributed by atoms with van der Waals surface area (Å²) in [6.45, 7) is 1.80. The Bertz CT molecular complexity index is 370. The van der Waals surface area contributed by atoms with Crippen LogP contribution in [-0.4, -0.2) is 12.2 Å². The van der Waals surface area contributed by atoms with Crippen LogP contribution < -0.4 is 4.72 Å². The molecule has 0 atom stereocenters. The molecule has 0 aliphatic rings. The lowest BCUT2D eigenvalue weighted by atomic mass is 10.1. The van der Waals surface area contributed by atoms with E-state index in [1.807, 2.05) is 0 Å². The van der Waals surface area contributed by atoms with Gasteiger partial charge in [0.25, 0.3) is 5.91 Å². The lowest BCUT2D eigenvalue weighted by molar-refractivity contribution is 0.0980. The Labute approximate surface area is 94.5 Å². The first-order valence-electron chi connectivity index (χ1n) is 3.85. The molecule has 0 aliphatic carbocycles. The molecule has 0 bridgehead atoms. The standard InChI is InChI=1S/C9H9BrFNOS/c1-5-3-6(9(13)12-14-2)8(11)4-7(5)10/h3-4H,1-2H3,(H,12,13). The van der Waals surface area contributed by atoms with Crippen molar-refractivity contribution in [2.75, 3.05) is 6.26 Å². The summed E-state index contributed by atoms with van der Waals surface area (Å²) < 4.78 is 16.4. The number of carbonyl (C=O) groups excluding carboxylic acids is 1. The quantitative estimate of drug-likeness (QED) is 0.843. The van der Waals surface area contributed by atoms with Crippen LogP contribution in [0.4, 0.5) is 4.39 Å². The molecule has 5 heteroatoms. The van der Waals surface area contributed by atoms with Gasteiger partial charge < -0.3 is 0 Å². The van der Waals surface area contributed by atoms with Gasteiger partial charge in [-0.1, -0.05) is 27.9 Å². The molecule has 0 saturated heterocycles. The summed E-state index contributed by atoms with van der Waals surface area (Å²) in [5, 5.41) is 0. The van der Waals surface area contributed by atoms with Crippen molar-refractivity contribution in [3.05, 3.63) is 33.5 Å². The Morgan fingerprint density at radius 3 is 2.79 bits per heavy atom. The Balaban J connectivity index is 3.09. The number of amides is 1. The molecule has 0 radical (unpaired) electrons. The van der Waals surface area contributed by atoms with Gasteiger partial charge in [-0.2, -0.15) is 0 Å². The number of rotatable bonds is 2. The van der Waals surface area contributed by atoms with Gasteiger partial charge in [0.1, 0.15) is 5.82 Å². The van der Waals surface area contributed by atoms with Gasteiger partial charge >= 0.3 is 0 Å². The maximum Gasteiger partial charge on any atom is 0.264 e. The zero-order valence-electron chi connectivity index (χ0n) is 7.73. The van der Waals surface area contributed by atoms with Gasteiger partial charge in [-0.05, 0) is 24.6 Å². The van der Waals surface area contributed by atoms with E-state index in [0.717, 1.165) is 17.5 Å². The number of carbonyl (C=O) groups is 1. The third-order valence-corrected chi connectivity index (χ3v) is 2.93. The van der Waals surface area contributed by atoms with Crippen LogP contribution in [0, 0.1) is 12.7 Å². The molecular formula is C9H9BrFNOS. The molecule has 1 aromatic rings. The van der Waals surface area contributed by atoms with Gasteiger partial charge in [0.15, 0.2) is 0 Å². The van der Waals surface area contributed by atoms with Gasteiger partial charge in [-0.25, -0.2) is 4.39 Å². The van der Waals surface area contributed by atoms with Gasteiger partial charge in [0.05, 0.1) is 5.56 Å². The van der Waals surface area contributed by atoms with E-state index in [9.17, 15) is 9.18 Å². The van der Waals surface area contributed by atoms with E-state index in [1.54, 1.807) is 13.2 Å². The third-order valence-electron chi connectivity index (χ3n) is 1.69. The number of hydrogen-bond acceptors (Lipinski definition) is 2. The summed E-state index contributed by atoms with van der Waals surface area (Å²) in [7, 11) is 0. The van der Waals surface area contributed by atoms with Crippen LogP contribution in [0.3, 0.4) is 0 Å². The molecule has 76 valence electrons. The minimum Gasteiger partial charge on any atom is -0.296 e. The van der Waals surface area contributed by atoms with Crippen LogP contribution in [0.2, 0.25) is 0 Å². The minimum absolute atomic E-state index is 0.0695. The van der Waals surface area contributed by atoms with E-state index in [0.29, 0.717) is 4.47 Å². The van der Waals surface area contributed by atoms with E-state index < -0.39 is 11.7 Å². The highest BCUT2D eigenvalue weighted by molar-refractivity contribution is 9.10. The molecule has 14 heavy (non-hydrogen) atoms. The summed E-state index contributed by atoms with van der Waals surface area (Å²) >= 11 is 4.34. The van der Waals surface area contributed by atoms with Crippen LogP contribution >= 0.6 is 27.9 Å². The molecule has 1 rings (SSSR count). The fraction of sp³-hybridized carbons (Fsp3) is 0.222. The van der Waals surface area contributed by atoms with E-state index in [2.05, 4.69) is 20.7 Å². The first kappa shape index (κ1) is 11.5. The maximum atomic E-state index is 13.3. The van der Waals surface area contributed by atoms with Crippen LogP contribution in [0.15, 0.2) is 16.6 Å². The highest BCUT2D eigenvalue weighted by Gasteiger charge is 2.12. The van der Waals surface area contributed by atoms with Crippen molar-refractivity contribution in [1.82, 2.24) is 4.72 Å². The highest BCUT2D eigenvalue weighted by atomic mass is 79.9. The topological polar surface area (TPSA) is 29.1 Å². The van der Waals surface area contributed by atoms with Crippen molar-refractivity contribution in [1.29, 1.82) is 0 Å². The molecule has 0 fully saturated rings. The molecule has 1 aromatic carbocycles. The average molecular weight is 278 g/mol. The highest BCUT2D eigenvalue weighted by Crippen LogP contribution is 2.20. The average Bonchev–Trinajstić information content (AvgIpc) is 2.11. The molecular weight excluding hydrogens is 269 g/mol. The van der Waals surface area contributed by atoms with Crippen molar-refractivity contribution in [2.24, 2.45) is 0 Å². The fourth-order valence-electron chi connectivity index (χ4n) is 0.979. The van der Waals surface area contributed by atoms with Crippen molar-refractivity contribution in [2.45, 2.75) is 6.92 Å². The van der Waals surface area contributed by atoms with E-state index >= 15 is 0 Å². The maximum absolute atomic E-state index is 13.3. The summed E-state index contributed by atoms with van der Waals surface area (Å²) in [6, 6.07) is 2.82. The van der Waals surface area contributed by atoms with Crippen LogP contribution in [-0.2, 0) is 0 Å². The van der Waals surface area contributed by atoms with Crippen molar-refractivity contribution in [3.8, 4) is 0 Å². The van der Waals surface area contributed by atoms with Crippen LogP contribution in [0.5, 0.6) is 0 Å². The third kappa shape index (κ3) is 2.48. The van der Waals surface area contributed by atoms with Crippen LogP contribution in [0.25, 0.3) is 0 Å². The monoisotopic (exact) mass is 277 g/mol. The van der Waals surface area contributed by atoms with Crippen LogP contribution in [0.1, 0.15) is 15.9 Å². The Morgan fingerprint density at radius 2 is 2.21 bits per heavy atom. The normalized spacial score (nSPS) is 10.0. The summed E-state index contributed by atoms with van der Waals surface area (Å²) in [6.07, 6.45) is 1.71. The largest absolute Gasteiger partial charge is 0.296 e. The second-order valence-corrected chi connectivity index (χ2v) is 4.18. The van der Waals surface area contributed by atoms with Crippen molar-refractivity contribution >= 4 is 33.8 Å². The molecule has 0 spiro atoms. The first-order chi connectivity index (χ1) is 6.56. The molecule has 0 aliphatic heterocycles. The lowest BCUT2D eigenvalue weighted by Crippen LogP contribution is -2.17. The molecule has 0 unspecified atom stereocenters. The Morgan fingerprint density at radius 1 is 1.57 bits per heavy atom. The zero-order chi connectivity index (χ0) is 10.7. The molecule has 1 amide bonds. The number of aryl methyl sites for hydroxylation is 1. The zero-order valence-corrected chi connectivity index (χ0v) is 10.1. The molecule has 0 aromatic heterocycles. The van der Waals surface area contributed by atoms with Crippen molar-refractivity contribution in [3.63, 3.8) is 0 Å². The number of nitrogens with one attached hydrogen (secondary N) is 1. The number of hydrogen-bond donors (Lipinski definition) is 1.